The Morgan fingerprint density at radius 2 is 2.05 bits per heavy atom. The Morgan fingerprint density at radius 1 is 1.38 bits per heavy atom. The molecule has 1 N–H and O–H groups in total. The summed E-state index contributed by atoms with van der Waals surface area (Å²) in [6.45, 7) is 3.87. The summed E-state index contributed by atoms with van der Waals surface area (Å²) >= 11 is 7.37. The quantitative estimate of drug-likeness (QED) is 0.617. The first-order chi connectivity index (χ1) is 9.99. The van der Waals surface area contributed by atoms with Crippen LogP contribution in [0.4, 0.5) is 0 Å². The van der Waals surface area contributed by atoms with Crippen molar-refractivity contribution < 1.29 is 14.3 Å². The van der Waals surface area contributed by atoms with E-state index in [-0.39, 0.29) is 17.6 Å². The van der Waals surface area contributed by atoms with Crippen molar-refractivity contribution in [2.45, 2.75) is 31.2 Å². The summed E-state index contributed by atoms with van der Waals surface area (Å²) < 4.78 is 4.74. The van der Waals surface area contributed by atoms with Crippen molar-refractivity contribution in [2.75, 3.05) is 12.9 Å². The minimum Gasteiger partial charge on any atom is -0.467 e. The van der Waals surface area contributed by atoms with Crippen molar-refractivity contribution >= 4 is 35.2 Å². The normalized spacial score (nSPS) is 13.3. The van der Waals surface area contributed by atoms with E-state index in [9.17, 15) is 9.59 Å². The van der Waals surface area contributed by atoms with Gasteiger partial charge in [-0.1, -0.05) is 44.0 Å². The molecule has 2 unspecified atom stereocenters. The highest BCUT2D eigenvalue weighted by Crippen LogP contribution is 2.26. The number of carbonyl (C=O) groups excluding carboxylic acids is 2. The highest BCUT2D eigenvalue weighted by atomic mass is 35.5. The molecule has 4 nitrogen and oxygen atoms in total. The molecule has 1 amide bonds. The fraction of sp³-hybridized carbons (Fsp3) is 0.467. The summed E-state index contributed by atoms with van der Waals surface area (Å²) in [7, 11) is 1.32. The van der Waals surface area contributed by atoms with E-state index in [4.69, 9.17) is 16.3 Å². The van der Waals surface area contributed by atoms with Gasteiger partial charge in [-0.2, -0.15) is 0 Å². The number of halogens is 1. The fourth-order valence-electron chi connectivity index (χ4n) is 1.72. The van der Waals surface area contributed by atoms with Gasteiger partial charge in [0.15, 0.2) is 0 Å². The summed E-state index contributed by atoms with van der Waals surface area (Å²) in [6.07, 6.45) is 0.775. The lowest BCUT2D eigenvalue weighted by atomic mass is 9.99. The molecule has 21 heavy (non-hydrogen) atoms. The zero-order valence-electron chi connectivity index (χ0n) is 12.4. The Labute approximate surface area is 134 Å². The number of carbonyl (C=O) groups is 2. The maximum atomic E-state index is 12.0. The fourth-order valence-corrected chi connectivity index (χ4v) is 2.77. The van der Waals surface area contributed by atoms with E-state index in [1.807, 2.05) is 32.0 Å². The van der Waals surface area contributed by atoms with Gasteiger partial charge in [-0.15, -0.1) is 11.8 Å². The molecule has 0 aliphatic carbocycles. The van der Waals surface area contributed by atoms with Gasteiger partial charge in [0.05, 0.1) is 17.9 Å². The van der Waals surface area contributed by atoms with Crippen molar-refractivity contribution in [3.63, 3.8) is 0 Å². The van der Waals surface area contributed by atoms with Crippen LogP contribution in [0.3, 0.4) is 0 Å². The Balaban J connectivity index is 2.58. The zero-order valence-corrected chi connectivity index (χ0v) is 14.0. The van der Waals surface area contributed by atoms with Crippen molar-refractivity contribution in [2.24, 2.45) is 5.92 Å². The first kappa shape index (κ1) is 17.9. The molecule has 0 aliphatic rings. The second kappa shape index (κ2) is 8.95. The van der Waals surface area contributed by atoms with Crippen LogP contribution in [0.15, 0.2) is 29.2 Å². The molecule has 6 heteroatoms. The van der Waals surface area contributed by atoms with Crippen molar-refractivity contribution in [1.82, 2.24) is 5.32 Å². The number of nitrogens with one attached hydrogen (secondary N) is 1. The van der Waals surface area contributed by atoms with Crippen molar-refractivity contribution in [3.05, 3.63) is 29.3 Å². The Hall–Kier alpha value is -1.20. The number of thioether (sulfide) groups is 1. The average molecular weight is 330 g/mol. The minimum absolute atomic E-state index is 0.0201. The first-order valence-corrected chi connectivity index (χ1v) is 8.10. The van der Waals surface area contributed by atoms with Crippen LogP contribution < -0.4 is 5.32 Å². The Kier molecular flexibility index (Phi) is 7.61. The van der Waals surface area contributed by atoms with Crippen LogP contribution in [-0.2, 0) is 14.3 Å². The van der Waals surface area contributed by atoms with Gasteiger partial charge < -0.3 is 10.1 Å². The third kappa shape index (κ3) is 5.59. The van der Waals surface area contributed by atoms with Gasteiger partial charge in [0, 0.05) is 4.90 Å². The van der Waals surface area contributed by atoms with E-state index in [1.165, 1.54) is 18.9 Å². The van der Waals surface area contributed by atoms with Crippen molar-refractivity contribution in [3.8, 4) is 0 Å². The van der Waals surface area contributed by atoms with Gasteiger partial charge >= 0.3 is 5.97 Å². The SMILES string of the molecule is CCC(C)C(NC(=O)CSc1ccccc1Cl)C(=O)OC. The minimum atomic E-state index is -0.612. The number of esters is 1. The predicted molar refractivity (Wildman–Crippen MR) is 85.6 cm³/mol. The topological polar surface area (TPSA) is 55.4 Å². The van der Waals surface area contributed by atoms with Crippen LogP contribution in [0.25, 0.3) is 0 Å². The molecule has 1 aromatic carbocycles. The number of methoxy groups -OCH3 is 1. The average Bonchev–Trinajstić information content (AvgIpc) is 2.50. The number of hydrogen-bond acceptors (Lipinski definition) is 4. The second-order valence-electron chi connectivity index (χ2n) is 4.67. The van der Waals surface area contributed by atoms with E-state index >= 15 is 0 Å². The predicted octanol–water partition coefficient (Wildman–Crippen LogP) is 3.14. The molecule has 0 radical (unpaired) electrons. The molecular formula is C15H20ClNO3S. The van der Waals surface area contributed by atoms with Crippen LogP contribution in [-0.4, -0.2) is 30.8 Å². The Bertz CT molecular complexity index is 496. The van der Waals surface area contributed by atoms with E-state index in [0.29, 0.717) is 5.02 Å². The standard InChI is InChI=1S/C15H20ClNO3S/c1-4-10(2)14(15(19)20-3)17-13(18)9-21-12-8-6-5-7-11(12)16/h5-8,10,14H,4,9H2,1-3H3,(H,17,18). The monoisotopic (exact) mass is 329 g/mol. The van der Waals surface area contributed by atoms with Gasteiger partial charge in [-0.25, -0.2) is 4.79 Å². The van der Waals surface area contributed by atoms with E-state index < -0.39 is 12.0 Å². The zero-order chi connectivity index (χ0) is 15.8. The lowest BCUT2D eigenvalue weighted by Gasteiger charge is -2.21. The molecule has 0 bridgehead atoms. The number of benzene rings is 1. The number of amides is 1. The van der Waals surface area contributed by atoms with E-state index in [1.54, 1.807) is 6.07 Å². The lowest BCUT2D eigenvalue weighted by molar-refractivity contribution is -0.146. The summed E-state index contributed by atoms with van der Waals surface area (Å²) in [5, 5.41) is 3.34. The highest BCUT2D eigenvalue weighted by molar-refractivity contribution is 8.00. The van der Waals surface area contributed by atoms with Crippen LogP contribution in [0, 0.1) is 5.92 Å². The van der Waals surface area contributed by atoms with Crippen LogP contribution in [0.1, 0.15) is 20.3 Å². The first-order valence-electron chi connectivity index (χ1n) is 6.74. The van der Waals surface area contributed by atoms with E-state index in [2.05, 4.69) is 5.32 Å². The maximum Gasteiger partial charge on any atom is 0.328 e. The molecule has 2 atom stereocenters. The van der Waals surface area contributed by atoms with E-state index in [0.717, 1.165) is 11.3 Å². The van der Waals surface area contributed by atoms with Crippen LogP contribution in [0.2, 0.25) is 5.02 Å². The molecule has 0 saturated heterocycles. The largest absolute Gasteiger partial charge is 0.467 e. The molecule has 0 fully saturated rings. The van der Waals surface area contributed by atoms with Gasteiger partial charge in [0.1, 0.15) is 6.04 Å². The molecule has 1 aromatic rings. The molecule has 0 heterocycles. The van der Waals surface area contributed by atoms with Crippen LogP contribution >= 0.6 is 23.4 Å². The number of ether oxygens (including phenoxy) is 1. The molecule has 0 aliphatic heterocycles. The third-order valence-corrected chi connectivity index (χ3v) is 4.70. The second-order valence-corrected chi connectivity index (χ2v) is 6.10. The molecular weight excluding hydrogens is 310 g/mol. The number of rotatable bonds is 7. The smallest absolute Gasteiger partial charge is 0.328 e. The highest BCUT2D eigenvalue weighted by Gasteiger charge is 2.26. The summed E-state index contributed by atoms with van der Waals surface area (Å²) in [5.41, 5.74) is 0. The molecule has 116 valence electrons. The summed E-state index contributed by atoms with van der Waals surface area (Å²) in [4.78, 5) is 24.5. The van der Waals surface area contributed by atoms with Crippen molar-refractivity contribution in [1.29, 1.82) is 0 Å². The summed E-state index contributed by atoms with van der Waals surface area (Å²) in [5.74, 6) is -0.406. The van der Waals surface area contributed by atoms with Gasteiger partial charge in [-0.3, -0.25) is 4.79 Å². The van der Waals surface area contributed by atoms with Gasteiger partial charge in [-0.05, 0) is 18.1 Å². The lowest BCUT2D eigenvalue weighted by Crippen LogP contribution is -2.46. The van der Waals surface area contributed by atoms with Crippen LogP contribution in [0.5, 0.6) is 0 Å². The third-order valence-electron chi connectivity index (χ3n) is 3.18. The maximum absolute atomic E-state index is 12.0. The molecule has 0 spiro atoms. The number of hydrogen-bond donors (Lipinski definition) is 1. The molecule has 0 aromatic heterocycles. The van der Waals surface area contributed by atoms with Gasteiger partial charge in [0.25, 0.3) is 0 Å². The van der Waals surface area contributed by atoms with Gasteiger partial charge in [0.2, 0.25) is 5.91 Å². The summed E-state index contributed by atoms with van der Waals surface area (Å²) in [6, 6.07) is 6.72. The Morgan fingerprint density at radius 3 is 2.62 bits per heavy atom. The molecule has 0 saturated carbocycles. The molecule has 1 rings (SSSR count).